The highest BCUT2D eigenvalue weighted by atomic mass is 16.5. The van der Waals surface area contributed by atoms with Gasteiger partial charge in [0.15, 0.2) is 0 Å². The molecule has 0 heterocycles. The highest BCUT2D eigenvalue weighted by molar-refractivity contribution is 5.97. The predicted octanol–water partition coefficient (Wildman–Crippen LogP) is 1.73. The fourth-order valence-electron chi connectivity index (χ4n) is 2.02. The molecular weight excluding hydrogens is 268 g/mol. The first-order valence-electron chi connectivity index (χ1n) is 7.26. The van der Waals surface area contributed by atoms with E-state index in [-0.39, 0.29) is 23.8 Å². The van der Waals surface area contributed by atoms with Crippen LogP contribution in [-0.4, -0.2) is 31.0 Å². The van der Waals surface area contributed by atoms with Crippen LogP contribution in [0.25, 0.3) is 0 Å². The van der Waals surface area contributed by atoms with Crippen molar-refractivity contribution in [2.75, 3.05) is 7.11 Å². The van der Waals surface area contributed by atoms with Crippen LogP contribution in [0.1, 0.15) is 37.0 Å². The highest BCUT2D eigenvalue weighted by Gasteiger charge is 2.30. The number of hydrogen-bond donors (Lipinski definition) is 2. The van der Waals surface area contributed by atoms with Crippen molar-refractivity contribution in [2.24, 2.45) is 5.92 Å². The van der Waals surface area contributed by atoms with E-state index in [0.29, 0.717) is 11.3 Å². The average Bonchev–Trinajstić information content (AvgIpc) is 3.28. The molecule has 2 N–H and O–H groups in total. The van der Waals surface area contributed by atoms with Gasteiger partial charge in [-0.1, -0.05) is 13.8 Å². The lowest BCUT2D eigenvalue weighted by atomic mass is 10.0. The van der Waals surface area contributed by atoms with Crippen molar-refractivity contribution in [1.82, 2.24) is 10.6 Å². The Hall–Kier alpha value is -2.04. The molecule has 1 aliphatic carbocycles. The smallest absolute Gasteiger partial charge is 0.251 e. The summed E-state index contributed by atoms with van der Waals surface area (Å²) in [5, 5.41) is 5.75. The quantitative estimate of drug-likeness (QED) is 0.838. The number of carbonyl (C=O) groups is 2. The molecule has 1 atom stereocenters. The number of amides is 2. The lowest BCUT2D eigenvalue weighted by Gasteiger charge is -2.21. The number of ether oxygens (including phenoxy) is 1. The maximum absolute atomic E-state index is 12.2. The molecule has 1 aromatic rings. The van der Waals surface area contributed by atoms with E-state index in [1.54, 1.807) is 31.4 Å². The molecule has 0 radical (unpaired) electrons. The monoisotopic (exact) mass is 290 g/mol. The number of benzene rings is 1. The molecule has 5 nitrogen and oxygen atoms in total. The van der Waals surface area contributed by atoms with Crippen LogP contribution in [0.4, 0.5) is 0 Å². The van der Waals surface area contributed by atoms with Crippen LogP contribution in [0.15, 0.2) is 24.3 Å². The summed E-state index contributed by atoms with van der Waals surface area (Å²) in [7, 11) is 1.58. The van der Waals surface area contributed by atoms with Crippen LogP contribution in [-0.2, 0) is 4.79 Å². The van der Waals surface area contributed by atoms with E-state index in [1.165, 1.54) is 0 Å². The van der Waals surface area contributed by atoms with Gasteiger partial charge in [-0.15, -0.1) is 0 Å². The first-order chi connectivity index (χ1) is 10.0. The van der Waals surface area contributed by atoms with Gasteiger partial charge in [-0.25, -0.2) is 0 Å². The molecule has 1 unspecified atom stereocenters. The average molecular weight is 290 g/mol. The van der Waals surface area contributed by atoms with E-state index >= 15 is 0 Å². The molecule has 1 aromatic carbocycles. The summed E-state index contributed by atoms with van der Waals surface area (Å²) in [6, 6.07) is 6.60. The number of carbonyl (C=O) groups excluding carboxylic acids is 2. The zero-order valence-corrected chi connectivity index (χ0v) is 12.7. The van der Waals surface area contributed by atoms with Gasteiger partial charge in [-0.3, -0.25) is 9.59 Å². The molecule has 0 saturated heterocycles. The van der Waals surface area contributed by atoms with Gasteiger partial charge >= 0.3 is 0 Å². The molecule has 1 fully saturated rings. The SMILES string of the molecule is COc1ccc(C(=O)NC(C(=O)NC2CC2)C(C)C)cc1. The van der Waals surface area contributed by atoms with E-state index in [4.69, 9.17) is 4.74 Å². The second kappa shape index (κ2) is 6.61. The molecule has 5 heteroatoms. The van der Waals surface area contributed by atoms with Gasteiger partial charge < -0.3 is 15.4 Å². The summed E-state index contributed by atoms with van der Waals surface area (Å²) < 4.78 is 5.06. The Morgan fingerprint density at radius 1 is 1.19 bits per heavy atom. The van der Waals surface area contributed by atoms with Crippen molar-refractivity contribution in [3.8, 4) is 5.75 Å². The van der Waals surface area contributed by atoms with Crippen molar-refractivity contribution < 1.29 is 14.3 Å². The number of methoxy groups -OCH3 is 1. The topological polar surface area (TPSA) is 67.4 Å². The Labute approximate surface area is 125 Å². The summed E-state index contributed by atoms with van der Waals surface area (Å²) in [5.74, 6) is 0.376. The normalized spacial score (nSPS) is 15.4. The fourth-order valence-corrected chi connectivity index (χ4v) is 2.02. The largest absolute Gasteiger partial charge is 0.497 e. The number of rotatable bonds is 6. The molecule has 114 valence electrons. The Morgan fingerprint density at radius 2 is 1.81 bits per heavy atom. The van der Waals surface area contributed by atoms with Gasteiger partial charge in [0.05, 0.1) is 7.11 Å². The minimum atomic E-state index is -0.514. The third-order valence-corrected chi connectivity index (χ3v) is 3.51. The second-order valence-corrected chi connectivity index (χ2v) is 5.71. The molecule has 21 heavy (non-hydrogen) atoms. The molecule has 0 aromatic heterocycles. The zero-order chi connectivity index (χ0) is 15.4. The first kappa shape index (κ1) is 15.4. The van der Waals surface area contributed by atoms with E-state index in [1.807, 2.05) is 13.8 Å². The lowest BCUT2D eigenvalue weighted by molar-refractivity contribution is -0.124. The summed E-state index contributed by atoms with van der Waals surface area (Å²) in [4.78, 5) is 24.4. The fraction of sp³-hybridized carbons (Fsp3) is 0.500. The Bertz CT molecular complexity index is 507. The predicted molar refractivity (Wildman–Crippen MR) is 80.3 cm³/mol. The van der Waals surface area contributed by atoms with Crippen molar-refractivity contribution in [3.05, 3.63) is 29.8 Å². The molecule has 2 amide bonds. The van der Waals surface area contributed by atoms with Crippen molar-refractivity contribution in [3.63, 3.8) is 0 Å². The van der Waals surface area contributed by atoms with Crippen LogP contribution in [0.3, 0.4) is 0 Å². The minimum absolute atomic E-state index is 0.0333. The van der Waals surface area contributed by atoms with Gasteiger partial charge in [0.1, 0.15) is 11.8 Å². The van der Waals surface area contributed by atoms with Gasteiger partial charge in [0.25, 0.3) is 5.91 Å². The highest BCUT2D eigenvalue weighted by Crippen LogP contribution is 2.19. The number of nitrogens with one attached hydrogen (secondary N) is 2. The minimum Gasteiger partial charge on any atom is -0.497 e. The molecule has 1 saturated carbocycles. The summed E-state index contributed by atoms with van der Waals surface area (Å²) in [6.07, 6.45) is 2.06. The summed E-state index contributed by atoms with van der Waals surface area (Å²) in [6.45, 7) is 3.84. The Morgan fingerprint density at radius 3 is 2.29 bits per heavy atom. The van der Waals surface area contributed by atoms with Crippen molar-refractivity contribution >= 4 is 11.8 Å². The van der Waals surface area contributed by atoms with Gasteiger partial charge in [0, 0.05) is 11.6 Å². The summed E-state index contributed by atoms with van der Waals surface area (Å²) >= 11 is 0. The number of hydrogen-bond acceptors (Lipinski definition) is 3. The molecular formula is C16H22N2O3. The standard InChI is InChI=1S/C16H22N2O3/c1-10(2)14(16(20)17-12-6-7-12)18-15(19)11-4-8-13(21-3)9-5-11/h4-5,8-10,12,14H,6-7H2,1-3H3,(H,17,20)(H,18,19). The molecule has 0 bridgehead atoms. The van der Waals surface area contributed by atoms with Crippen molar-refractivity contribution in [2.45, 2.75) is 38.8 Å². The lowest BCUT2D eigenvalue weighted by Crippen LogP contribution is -2.50. The van der Waals surface area contributed by atoms with E-state index in [0.717, 1.165) is 12.8 Å². The molecule has 2 rings (SSSR count). The zero-order valence-electron chi connectivity index (χ0n) is 12.7. The maximum Gasteiger partial charge on any atom is 0.251 e. The van der Waals surface area contributed by atoms with Gasteiger partial charge in [0.2, 0.25) is 5.91 Å². The Kier molecular flexibility index (Phi) is 4.83. The van der Waals surface area contributed by atoms with E-state index < -0.39 is 6.04 Å². The van der Waals surface area contributed by atoms with Crippen molar-refractivity contribution in [1.29, 1.82) is 0 Å². The van der Waals surface area contributed by atoms with Crippen LogP contribution >= 0.6 is 0 Å². The van der Waals surface area contributed by atoms with Gasteiger partial charge in [-0.05, 0) is 43.0 Å². The van der Waals surface area contributed by atoms with Crippen LogP contribution in [0.2, 0.25) is 0 Å². The summed E-state index contributed by atoms with van der Waals surface area (Å²) in [5.41, 5.74) is 0.515. The molecule has 0 aliphatic heterocycles. The van der Waals surface area contributed by atoms with Crippen LogP contribution in [0.5, 0.6) is 5.75 Å². The van der Waals surface area contributed by atoms with Crippen LogP contribution < -0.4 is 15.4 Å². The maximum atomic E-state index is 12.2. The third-order valence-electron chi connectivity index (χ3n) is 3.51. The van der Waals surface area contributed by atoms with E-state index in [9.17, 15) is 9.59 Å². The molecule has 0 spiro atoms. The third kappa shape index (κ3) is 4.21. The molecule has 1 aliphatic rings. The van der Waals surface area contributed by atoms with Crippen LogP contribution in [0, 0.1) is 5.92 Å². The van der Waals surface area contributed by atoms with E-state index in [2.05, 4.69) is 10.6 Å². The first-order valence-corrected chi connectivity index (χ1v) is 7.26. The Balaban J connectivity index is 2.00. The second-order valence-electron chi connectivity index (χ2n) is 5.71. The van der Waals surface area contributed by atoms with Gasteiger partial charge in [-0.2, -0.15) is 0 Å².